The minimum Gasteiger partial charge on any atom is -0.495 e. The average molecular weight is 459 g/mol. The highest BCUT2D eigenvalue weighted by Crippen LogP contribution is 2.31. The summed E-state index contributed by atoms with van der Waals surface area (Å²) in [5.41, 5.74) is 0.585. The third-order valence-electron chi connectivity index (χ3n) is 4.26. The maximum Gasteiger partial charge on any atom is 0.252 e. The van der Waals surface area contributed by atoms with Crippen LogP contribution in [0.4, 0.5) is 5.69 Å². The van der Waals surface area contributed by atoms with Crippen LogP contribution in [0.1, 0.15) is 12.8 Å². The molecule has 1 unspecified atom stereocenters. The number of para-hydroxylation sites is 2. The largest absolute Gasteiger partial charge is 0.495 e. The number of nitrogens with zero attached hydrogens (tertiary/aromatic N) is 1. The molecule has 0 aliphatic carbocycles. The number of amides is 1. The Balaban J connectivity index is 1.73. The van der Waals surface area contributed by atoms with Gasteiger partial charge in [0.05, 0.1) is 22.5 Å². The predicted octanol–water partition coefficient (Wildman–Crippen LogP) is 3.56. The number of ether oxygens (including phenoxy) is 1. The molecule has 1 saturated heterocycles. The Morgan fingerprint density at radius 2 is 2.08 bits per heavy atom. The van der Waals surface area contributed by atoms with Crippen LogP contribution in [0.25, 0.3) is 0 Å². The first-order valence-electron chi connectivity index (χ1n) is 8.11. The molecule has 0 saturated carbocycles. The molecule has 26 heavy (non-hydrogen) atoms. The molecule has 0 bridgehead atoms. The molecule has 1 aromatic heterocycles. The minimum absolute atomic E-state index is 0.179. The number of sulfonamides is 1. The Labute approximate surface area is 165 Å². The van der Waals surface area contributed by atoms with Crippen LogP contribution in [0.15, 0.2) is 44.4 Å². The summed E-state index contributed by atoms with van der Waals surface area (Å²) in [7, 11) is -2.04. The molecule has 9 heteroatoms. The topological polar surface area (TPSA) is 75.7 Å². The van der Waals surface area contributed by atoms with Crippen LogP contribution < -0.4 is 10.1 Å². The van der Waals surface area contributed by atoms with Gasteiger partial charge in [-0.25, -0.2) is 8.42 Å². The van der Waals surface area contributed by atoms with Gasteiger partial charge in [-0.05, 0) is 53.0 Å². The molecule has 2 aromatic rings. The summed E-state index contributed by atoms with van der Waals surface area (Å²) < 4.78 is 33.3. The van der Waals surface area contributed by atoms with Crippen LogP contribution >= 0.6 is 27.3 Å². The summed E-state index contributed by atoms with van der Waals surface area (Å²) in [5, 5.41) is 2.86. The molecule has 6 nitrogen and oxygen atoms in total. The van der Waals surface area contributed by atoms with Crippen molar-refractivity contribution in [3.8, 4) is 5.75 Å². The van der Waals surface area contributed by atoms with Gasteiger partial charge in [-0.1, -0.05) is 12.1 Å². The second kappa shape index (κ2) is 8.08. The number of methoxy groups -OCH3 is 1. The van der Waals surface area contributed by atoms with E-state index in [-0.39, 0.29) is 16.7 Å². The number of carbonyl (C=O) groups excluding carboxylic acids is 1. The molecule has 1 aliphatic rings. The van der Waals surface area contributed by atoms with Crippen molar-refractivity contribution < 1.29 is 17.9 Å². The molecule has 0 radical (unpaired) electrons. The molecule has 1 amide bonds. The average Bonchev–Trinajstić information content (AvgIpc) is 3.09. The van der Waals surface area contributed by atoms with E-state index in [1.165, 1.54) is 15.6 Å². The number of nitrogens with one attached hydrogen (secondary N) is 1. The van der Waals surface area contributed by atoms with E-state index in [1.54, 1.807) is 31.4 Å². The van der Waals surface area contributed by atoms with Crippen molar-refractivity contribution in [3.63, 3.8) is 0 Å². The number of hydrogen-bond donors (Lipinski definition) is 1. The first-order valence-corrected chi connectivity index (χ1v) is 11.2. The number of benzene rings is 1. The third-order valence-corrected chi connectivity index (χ3v) is 8.22. The van der Waals surface area contributed by atoms with E-state index >= 15 is 0 Å². The zero-order valence-electron chi connectivity index (χ0n) is 14.1. The fourth-order valence-electron chi connectivity index (χ4n) is 2.92. The molecule has 2 heterocycles. The Kier molecular flexibility index (Phi) is 6.01. The summed E-state index contributed by atoms with van der Waals surface area (Å²) in [4.78, 5) is 12.7. The SMILES string of the molecule is COc1ccccc1NC(=O)C1CCCN(S(=O)(=O)c2ccc(Br)s2)C1. The number of rotatable bonds is 5. The minimum atomic E-state index is -3.58. The van der Waals surface area contributed by atoms with Crippen LogP contribution in [0, 0.1) is 5.92 Å². The van der Waals surface area contributed by atoms with E-state index in [2.05, 4.69) is 21.2 Å². The van der Waals surface area contributed by atoms with Crippen LogP contribution in [0.3, 0.4) is 0 Å². The molecule has 1 aliphatic heterocycles. The number of piperidine rings is 1. The fraction of sp³-hybridized carbons (Fsp3) is 0.353. The van der Waals surface area contributed by atoms with Gasteiger partial charge in [0.2, 0.25) is 5.91 Å². The van der Waals surface area contributed by atoms with Gasteiger partial charge in [0.25, 0.3) is 10.0 Å². The van der Waals surface area contributed by atoms with Crippen molar-refractivity contribution in [2.75, 3.05) is 25.5 Å². The van der Waals surface area contributed by atoms with E-state index in [1.807, 2.05) is 12.1 Å². The van der Waals surface area contributed by atoms with Gasteiger partial charge >= 0.3 is 0 Å². The van der Waals surface area contributed by atoms with Gasteiger partial charge in [0.15, 0.2) is 0 Å². The Morgan fingerprint density at radius 3 is 2.77 bits per heavy atom. The van der Waals surface area contributed by atoms with Crippen molar-refractivity contribution in [2.45, 2.75) is 17.1 Å². The van der Waals surface area contributed by atoms with Crippen molar-refractivity contribution in [2.24, 2.45) is 5.92 Å². The maximum absolute atomic E-state index is 12.8. The van der Waals surface area contributed by atoms with Gasteiger partial charge < -0.3 is 10.1 Å². The van der Waals surface area contributed by atoms with E-state index in [0.717, 1.165) is 3.79 Å². The Hall–Kier alpha value is -1.42. The monoisotopic (exact) mass is 458 g/mol. The predicted molar refractivity (Wildman–Crippen MR) is 105 cm³/mol. The smallest absolute Gasteiger partial charge is 0.252 e. The first-order chi connectivity index (χ1) is 12.4. The lowest BCUT2D eigenvalue weighted by atomic mass is 9.98. The summed E-state index contributed by atoms with van der Waals surface area (Å²) in [6.45, 7) is 0.606. The van der Waals surface area contributed by atoms with Crippen LogP contribution in [0.5, 0.6) is 5.75 Å². The summed E-state index contributed by atoms with van der Waals surface area (Å²) >= 11 is 4.47. The van der Waals surface area contributed by atoms with Crippen LogP contribution in [-0.2, 0) is 14.8 Å². The Morgan fingerprint density at radius 1 is 1.31 bits per heavy atom. The molecule has 0 spiro atoms. The van der Waals surface area contributed by atoms with Crippen molar-refractivity contribution in [1.29, 1.82) is 0 Å². The van der Waals surface area contributed by atoms with Gasteiger partial charge in [-0.15, -0.1) is 11.3 Å². The molecule has 140 valence electrons. The Bertz CT molecular complexity index is 898. The second-order valence-corrected chi connectivity index (χ2v) is 10.6. The van der Waals surface area contributed by atoms with Gasteiger partial charge in [0.1, 0.15) is 9.96 Å². The van der Waals surface area contributed by atoms with Gasteiger partial charge in [0, 0.05) is 13.1 Å². The number of hydrogen-bond acceptors (Lipinski definition) is 5. The molecule has 1 aromatic carbocycles. The van der Waals surface area contributed by atoms with Gasteiger partial charge in [-0.2, -0.15) is 4.31 Å². The van der Waals surface area contributed by atoms with Crippen LogP contribution in [-0.4, -0.2) is 38.8 Å². The van der Waals surface area contributed by atoms with E-state index < -0.39 is 15.9 Å². The number of carbonyl (C=O) groups is 1. The number of halogens is 1. The highest BCUT2D eigenvalue weighted by atomic mass is 79.9. The lowest BCUT2D eigenvalue weighted by Crippen LogP contribution is -2.43. The quantitative estimate of drug-likeness (QED) is 0.742. The number of thiophene rings is 1. The highest BCUT2D eigenvalue weighted by Gasteiger charge is 2.34. The van der Waals surface area contributed by atoms with Crippen molar-refractivity contribution in [3.05, 3.63) is 40.2 Å². The van der Waals surface area contributed by atoms with Crippen LogP contribution in [0.2, 0.25) is 0 Å². The van der Waals surface area contributed by atoms with E-state index in [9.17, 15) is 13.2 Å². The zero-order valence-corrected chi connectivity index (χ0v) is 17.4. The first kappa shape index (κ1) is 19.3. The lowest BCUT2D eigenvalue weighted by Gasteiger charge is -2.30. The summed E-state index contributed by atoms with van der Waals surface area (Å²) in [6, 6.07) is 10.5. The van der Waals surface area contributed by atoms with Crippen molar-refractivity contribution in [1.82, 2.24) is 4.31 Å². The molecular weight excluding hydrogens is 440 g/mol. The van der Waals surface area contributed by atoms with Crippen molar-refractivity contribution >= 4 is 48.9 Å². The van der Waals surface area contributed by atoms with E-state index in [0.29, 0.717) is 30.8 Å². The van der Waals surface area contributed by atoms with Gasteiger partial charge in [-0.3, -0.25) is 4.79 Å². The standard InChI is InChI=1S/C17H19BrN2O4S2/c1-24-14-7-3-2-6-13(14)19-17(21)12-5-4-10-20(11-12)26(22,23)16-9-8-15(18)25-16/h2-3,6-9,12H,4-5,10-11H2,1H3,(H,19,21). The number of anilines is 1. The molecule has 1 N–H and O–H groups in total. The maximum atomic E-state index is 12.8. The lowest BCUT2D eigenvalue weighted by molar-refractivity contribution is -0.120. The third kappa shape index (κ3) is 4.11. The molecular formula is C17H19BrN2O4S2. The normalized spacial score (nSPS) is 18.5. The van der Waals surface area contributed by atoms with E-state index in [4.69, 9.17) is 4.74 Å². The zero-order chi connectivity index (χ0) is 18.7. The molecule has 3 rings (SSSR count). The molecule has 1 atom stereocenters. The molecule has 1 fully saturated rings. The second-order valence-electron chi connectivity index (χ2n) is 5.95. The summed E-state index contributed by atoms with van der Waals surface area (Å²) in [6.07, 6.45) is 1.30. The fourth-order valence-corrected chi connectivity index (χ4v) is 6.61. The summed E-state index contributed by atoms with van der Waals surface area (Å²) in [5.74, 6) is -0.0156. The highest BCUT2D eigenvalue weighted by molar-refractivity contribution is 9.11.